The number of sulfonamides is 1. The Morgan fingerprint density at radius 1 is 0.929 bits per heavy atom. The molecule has 226 valence electrons. The topological polar surface area (TPSA) is 105 Å². The fourth-order valence-corrected chi connectivity index (χ4v) is 5.32. The van der Waals surface area contributed by atoms with Crippen molar-refractivity contribution in [1.29, 1.82) is 0 Å². The summed E-state index contributed by atoms with van der Waals surface area (Å²) in [5, 5.41) is 3.03. The molecule has 0 saturated carbocycles. The zero-order chi connectivity index (χ0) is 30.9. The van der Waals surface area contributed by atoms with Gasteiger partial charge in [-0.3, -0.25) is 13.9 Å². The van der Waals surface area contributed by atoms with E-state index >= 15 is 0 Å². The Morgan fingerprint density at radius 3 is 2.17 bits per heavy atom. The average molecular weight is 596 g/mol. The molecular formula is C32H41N3O6S. The number of anilines is 1. The van der Waals surface area contributed by atoms with Crippen molar-refractivity contribution in [2.24, 2.45) is 0 Å². The van der Waals surface area contributed by atoms with Crippen molar-refractivity contribution in [2.75, 3.05) is 31.3 Å². The van der Waals surface area contributed by atoms with Gasteiger partial charge in [0.15, 0.2) is 0 Å². The number of aryl methyl sites for hydroxylation is 1. The minimum Gasteiger partial charge on any atom is -0.497 e. The summed E-state index contributed by atoms with van der Waals surface area (Å²) < 4.78 is 38.0. The molecule has 0 spiro atoms. The molecule has 0 saturated heterocycles. The van der Waals surface area contributed by atoms with Crippen molar-refractivity contribution in [1.82, 2.24) is 10.2 Å². The highest BCUT2D eigenvalue weighted by molar-refractivity contribution is 7.92. The van der Waals surface area contributed by atoms with Gasteiger partial charge < -0.3 is 19.7 Å². The Bertz CT molecular complexity index is 1440. The summed E-state index contributed by atoms with van der Waals surface area (Å²) in [6, 6.07) is 20.9. The largest absolute Gasteiger partial charge is 0.497 e. The molecule has 3 rings (SSSR count). The predicted octanol–water partition coefficient (Wildman–Crippen LogP) is 4.33. The third kappa shape index (κ3) is 8.72. The number of hydrogen-bond acceptors (Lipinski definition) is 6. The first-order valence-corrected chi connectivity index (χ1v) is 15.7. The molecule has 0 fully saturated rings. The van der Waals surface area contributed by atoms with Gasteiger partial charge in [-0.2, -0.15) is 0 Å². The molecule has 0 aliphatic heterocycles. The molecule has 1 N–H and O–H groups in total. The highest BCUT2D eigenvalue weighted by atomic mass is 32.2. The number of nitrogens with one attached hydrogen (secondary N) is 1. The molecule has 3 aromatic rings. The van der Waals surface area contributed by atoms with E-state index in [0.29, 0.717) is 12.2 Å². The first-order valence-electron chi connectivity index (χ1n) is 13.9. The summed E-state index contributed by atoms with van der Waals surface area (Å²) in [5.41, 5.74) is 2.90. The first kappa shape index (κ1) is 32.5. The zero-order valence-electron chi connectivity index (χ0n) is 25.2. The molecule has 3 aromatic carbocycles. The number of rotatable bonds is 14. The maximum absolute atomic E-state index is 14.3. The van der Waals surface area contributed by atoms with Crippen LogP contribution in [0.1, 0.15) is 37.0 Å². The van der Waals surface area contributed by atoms with Crippen LogP contribution < -0.4 is 19.1 Å². The highest BCUT2D eigenvalue weighted by Gasteiger charge is 2.34. The fraction of sp³-hybridized carbons (Fsp3) is 0.375. The van der Waals surface area contributed by atoms with Crippen molar-refractivity contribution in [3.63, 3.8) is 0 Å². The van der Waals surface area contributed by atoms with Gasteiger partial charge in [0.2, 0.25) is 21.8 Å². The first-order chi connectivity index (χ1) is 20.0. The van der Waals surface area contributed by atoms with Crippen molar-refractivity contribution >= 4 is 27.5 Å². The molecule has 2 atom stereocenters. The Kier molecular flexibility index (Phi) is 11.4. The molecule has 10 heteroatoms. The predicted molar refractivity (Wildman–Crippen MR) is 165 cm³/mol. The lowest BCUT2D eigenvalue weighted by molar-refractivity contribution is -0.140. The van der Waals surface area contributed by atoms with Crippen molar-refractivity contribution in [3.05, 3.63) is 89.5 Å². The van der Waals surface area contributed by atoms with E-state index in [4.69, 9.17) is 9.47 Å². The van der Waals surface area contributed by atoms with Crippen LogP contribution in [0.4, 0.5) is 5.69 Å². The zero-order valence-corrected chi connectivity index (χ0v) is 26.0. The third-order valence-corrected chi connectivity index (χ3v) is 8.21. The van der Waals surface area contributed by atoms with Crippen LogP contribution in [0.2, 0.25) is 0 Å². The molecule has 0 aromatic heterocycles. The highest BCUT2D eigenvalue weighted by Crippen LogP contribution is 2.34. The van der Waals surface area contributed by atoms with Crippen LogP contribution in [-0.2, 0) is 32.6 Å². The van der Waals surface area contributed by atoms with Crippen molar-refractivity contribution in [2.45, 2.75) is 52.2 Å². The van der Waals surface area contributed by atoms with Gasteiger partial charge in [-0.15, -0.1) is 0 Å². The number of carbonyl (C=O) groups is 2. The molecule has 0 bridgehead atoms. The Hall–Kier alpha value is -4.05. The smallest absolute Gasteiger partial charge is 0.244 e. The molecule has 42 heavy (non-hydrogen) atoms. The summed E-state index contributed by atoms with van der Waals surface area (Å²) in [6.07, 6.45) is 2.00. The number of ether oxygens (including phenoxy) is 2. The Morgan fingerprint density at radius 2 is 1.60 bits per heavy atom. The standard InChI is InChI=1S/C32H41N3O6S/c1-7-24(3)33-32(37)29(19-25-11-9-8-10-12-25)34(21-26-15-13-23(2)14-16-26)31(36)22-35(42(6,38)39)28-20-27(40-4)17-18-30(28)41-5/h8-18,20,24,29H,7,19,21-22H2,1-6H3,(H,33,37)/t24-,29-/m1/s1. The van der Waals surface area contributed by atoms with Gasteiger partial charge in [0.25, 0.3) is 0 Å². The summed E-state index contributed by atoms with van der Waals surface area (Å²) in [7, 11) is -1.07. The molecule has 0 radical (unpaired) electrons. The second-order valence-corrected chi connectivity index (χ2v) is 12.2. The molecule has 0 aliphatic carbocycles. The van der Waals surface area contributed by atoms with Crippen LogP contribution in [0, 0.1) is 6.92 Å². The Labute approximate surface area is 249 Å². The SMILES string of the molecule is CC[C@@H](C)NC(=O)[C@@H](Cc1ccccc1)N(Cc1ccc(C)cc1)C(=O)CN(c1cc(OC)ccc1OC)S(C)(=O)=O. The summed E-state index contributed by atoms with van der Waals surface area (Å²) in [5.74, 6) is -0.183. The molecule has 0 unspecified atom stereocenters. The van der Waals surface area contributed by atoms with Crippen LogP contribution >= 0.6 is 0 Å². The number of methoxy groups -OCH3 is 2. The minimum absolute atomic E-state index is 0.109. The lowest BCUT2D eigenvalue weighted by Gasteiger charge is -2.34. The lowest BCUT2D eigenvalue weighted by Crippen LogP contribution is -2.54. The normalized spacial score (nSPS) is 12.6. The van der Waals surface area contributed by atoms with E-state index < -0.39 is 28.5 Å². The molecule has 0 aliphatic rings. The fourth-order valence-electron chi connectivity index (χ4n) is 4.47. The van der Waals surface area contributed by atoms with Crippen LogP contribution in [0.3, 0.4) is 0 Å². The Balaban J connectivity index is 2.11. The van der Waals surface area contributed by atoms with Crippen molar-refractivity contribution in [3.8, 4) is 11.5 Å². The van der Waals surface area contributed by atoms with E-state index in [2.05, 4.69) is 5.32 Å². The van der Waals surface area contributed by atoms with E-state index in [1.54, 1.807) is 12.1 Å². The van der Waals surface area contributed by atoms with Gasteiger partial charge in [-0.25, -0.2) is 8.42 Å². The lowest BCUT2D eigenvalue weighted by atomic mass is 10.0. The summed E-state index contributed by atoms with van der Waals surface area (Å²) in [6.45, 7) is 5.41. The monoisotopic (exact) mass is 595 g/mol. The number of carbonyl (C=O) groups excluding carboxylic acids is 2. The van der Waals surface area contributed by atoms with E-state index in [1.807, 2.05) is 75.4 Å². The van der Waals surface area contributed by atoms with Crippen LogP contribution in [0.5, 0.6) is 11.5 Å². The molecule has 9 nitrogen and oxygen atoms in total. The maximum atomic E-state index is 14.3. The van der Waals surface area contributed by atoms with Gasteiger partial charge >= 0.3 is 0 Å². The quantitative estimate of drug-likeness (QED) is 0.298. The third-order valence-electron chi connectivity index (χ3n) is 7.08. The van der Waals surface area contributed by atoms with Gasteiger partial charge in [0, 0.05) is 25.1 Å². The molecular weight excluding hydrogens is 554 g/mol. The second-order valence-electron chi connectivity index (χ2n) is 10.3. The van der Waals surface area contributed by atoms with Crippen LogP contribution in [0.15, 0.2) is 72.8 Å². The van der Waals surface area contributed by atoms with E-state index in [9.17, 15) is 18.0 Å². The van der Waals surface area contributed by atoms with E-state index in [1.165, 1.54) is 25.2 Å². The summed E-state index contributed by atoms with van der Waals surface area (Å²) >= 11 is 0. The number of benzene rings is 3. The minimum atomic E-state index is -3.96. The van der Waals surface area contributed by atoms with Crippen molar-refractivity contribution < 1.29 is 27.5 Å². The van der Waals surface area contributed by atoms with E-state index in [0.717, 1.165) is 27.3 Å². The van der Waals surface area contributed by atoms with Gasteiger partial charge in [-0.05, 0) is 43.5 Å². The number of amides is 2. The number of nitrogens with zero attached hydrogens (tertiary/aromatic N) is 2. The second kappa shape index (κ2) is 14.7. The molecule has 2 amide bonds. The van der Waals surface area contributed by atoms with Crippen LogP contribution in [0.25, 0.3) is 0 Å². The van der Waals surface area contributed by atoms with Crippen LogP contribution in [-0.4, -0.2) is 64.2 Å². The molecule has 0 heterocycles. The summed E-state index contributed by atoms with van der Waals surface area (Å²) in [4.78, 5) is 29.5. The maximum Gasteiger partial charge on any atom is 0.244 e. The number of hydrogen-bond donors (Lipinski definition) is 1. The van der Waals surface area contributed by atoms with Gasteiger partial charge in [-0.1, -0.05) is 67.1 Å². The average Bonchev–Trinajstić information content (AvgIpc) is 2.97. The van der Waals surface area contributed by atoms with Gasteiger partial charge in [0.05, 0.1) is 26.2 Å². The van der Waals surface area contributed by atoms with E-state index in [-0.39, 0.29) is 36.4 Å². The van der Waals surface area contributed by atoms with Gasteiger partial charge in [0.1, 0.15) is 24.1 Å².